The van der Waals surface area contributed by atoms with E-state index in [0.717, 1.165) is 21.7 Å². The van der Waals surface area contributed by atoms with Crippen LogP contribution in [0.3, 0.4) is 0 Å². The Morgan fingerprint density at radius 3 is 2.23 bits per heavy atom. The second-order valence-corrected chi connectivity index (χ2v) is 11.5. The molecule has 3 aromatic rings. The van der Waals surface area contributed by atoms with Gasteiger partial charge in [-0.1, -0.05) is 23.5 Å². The van der Waals surface area contributed by atoms with Crippen LogP contribution in [0.5, 0.6) is 10.9 Å². The zero-order valence-corrected chi connectivity index (χ0v) is 23.0. The van der Waals surface area contributed by atoms with E-state index in [9.17, 15) is 44.3 Å². The number of nitrogens with zero attached hydrogens (tertiary/aromatic N) is 3. The Hall–Kier alpha value is -3.27. The maximum absolute atomic E-state index is 13.8. The molecular weight excluding hydrogens is 617 g/mol. The fourth-order valence-electron chi connectivity index (χ4n) is 5.60. The fraction of sp³-hybridized carbons (Fsp3) is 0.481. The molecule has 0 unspecified atom stereocenters. The van der Waals surface area contributed by atoms with Crippen molar-refractivity contribution in [3.63, 3.8) is 0 Å². The van der Waals surface area contributed by atoms with Crippen LogP contribution < -0.4 is 4.74 Å². The van der Waals surface area contributed by atoms with Crippen LogP contribution in [0.2, 0.25) is 0 Å². The van der Waals surface area contributed by atoms with Crippen LogP contribution in [0.25, 0.3) is 10.2 Å². The molecule has 16 heteroatoms. The average molecular weight is 642 g/mol. The summed E-state index contributed by atoms with van der Waals surface area (Å²) < 4.78 is 129. The molecule has 3 heterocycles. The van der Waals surface area contributed by atoms with E-state index in [-0.39, 0.29) is 43.4 Å². The van der Waals surface area contributed by atoms with Gasteiger partial charge in [-0.2, -0.15) is 39.5 Å². The number of amides is 1. The molecule has 2 aliphatic rings. The van der Waals surface area contributed by atoms with Crippen molar-refractivity contribution in [3.05, 3.63) is 53.6 Å². The van der Waals surface area contributed by atoms with E-state index in [1.165, 1.54) is 17.4 Å². The largest absolute Gasteiger partial charge is 0.434 e. The van der Waals surface area contributed by atoms with Gasteiger partial charge in [0.15, 0.2) is 0 Å². The first-order valence-electron chi connectivity index (χ1n) is 13.1. The lowest BCUT2D eigenvalue weighted by atomic mass is 9.85. The van der Waals surface area contributed by atoms with E-state index >= 15 is 0 Å². The number of hydrogen-bond donors (Lipinski definition) is 0. The van der Waals surface area contributed by atoms with Crippen molar-refractivity contribution in [1.82, 2.24) is 14.8 Å². The van der Waals surface area contributed by atoms with Crippen molar-refractivity contribution < 1.29 is 53.8 Å². The molecule has 1 spiro atoms. The number of hydrogen-bond acceptors (Lipinski definition) is 6. The Kier molecular flexibility index (Phi) is 8.22. The van der Waals surface area contributed by atoms with Crippen molar-refractivity contribution in [3.8, 4) is 10.9 Å². The number of alkyl halides is 9. The summed E-state index contributed by atoms with van der Waals surface area (Å²) in [5.74, 6) is -0.0569. The highest BCUT2D eigenvalue weighted by molar-refractivity contribution is 7.20. The number of carbonyl (C=O) groups is 1. The van der Waals surface area contributed by atoms with Crippen molar-refractivity contribution in [2.45, 2.75) is 62.4 Å². The summed E-state index contributed by atoms with van der Waals surface area (Å²) in [7, 11) is 0. The molecule has 2 saturated heterocycles. The molecule has 0 atom stereocenters. The third kappa shape index (κ3) is 6.95. The lowest BCUT2D eigenvalue weighted by Gasteiger charge is -2.45. The van der Waals surface area contributed by atoms with Gasteiger partial charge >= 0.3 is 24.6 Å². The summed E-state index contributed by atoms with van der Waals surface area (Å²) in [4.78, 5) is 19.3. The monoisotopic (exact) mass is 641 g/mol. The average Bonchev–Trinajstić information content (AvgIpc) is 3.48. The molecule has 0 N–H and O–H groups in total. The first kappa shape index (κ1) is 31.2. The number of carbonyl (C=O) groups excluding carboxylic acids is 1. The zero-order chi connectivity index (χ0) is 31.2. The summed E-state index contributed by atoms with van der Waals surface area (Å²) in [6, 6.07) is 10.5. The molecule has 2 aromatic carbocycles. The minimum absolute atomic E-state index is 0.0569. The van der Waals surface area contributed by atoms with E-state index in [1.54, 1.807) is 24.3 Å². The number of thiazole rings is 1. The smallest absolute Gasteiger partial charge is 0.431 e. The number of ether oxygens (including phenoxy) is 2. The number of para-hydroxylation sites is 1. The van der Waals surface area contributed by atoms with Crippen molar-refractivity contribution in [2.75, 3.05) is 19.6 Å². The number of halogens is 9. The molecule has 6 nitrogen and oxygen atoms in total. The predicted molar refractivity (Wildman–Crippen MR) is 137 cm³/mol. The number of benzene rings is 2. The zero-order valence-electron chi connectivity index (χ0n) is 22.2. The van der Waals surface area contributed by atoms with Gasteiger partial charge in [-0.3, -0.25) is 4.90 Å². The van der Waals surface area contributed by atoms with Gasteiger partial charge in [0.2, 0.25) is 0 Å². The van der Waals surface area contributed by atoms with E-state index in [0.29, 0.717) is 30.5 Å². The van der Waals surface area contributed by atoms with Gasteiger partial charge in [0, 0.05) is 25.2 Å². The first-order valence-corrected chi connectivity index (χ1v) is 13.9. The second-order valence-electron chi connectivity index (χ2n) is 10.5. The van der Waals surface area contributed by atoms with E-state index in [4.69, 9.17) is 4.74 Å². The first-order chi connectivity index (χ1) is 20.0. The van der Waals surface area contributed by atoms with Gasteiger partial charge in [-0.25, -0.2) is 9.78 Å². The molecule has 0 radical (unpaired) electrons. The standard InChI is InChI=1S/C27H24F9N3O3S/c28-25(29,30)17-12-16(13-18(14-17)41-22-37-19-4-1-2-5-20(19)43-22)15-39-9-3-6-24(39)7-10-38(11-8-24)23(40)42-21(26(31,32)33)27(34,35)36/h1-2,4-5,12-14,21H,3,6-11,15H2. The van der Waals surface area contributed by atoms with Gasteiger partial charge in [0.25, 0.3) is 11.3 Å². The summed E-state index contributed by atoms with van der Waals surface area (Å²) in [5.41, 5.74) is -0.591. The Morgan fingerprint density at radius 2 is 1.60 bits per heavy atom. The highest BCUT2D eigenvalue weighted by Gasteiger charge is 2.60. The predicted octanol–water partition coefficient (Wildman–Crippen LogP) is 8.17. The Morgan fingerprint density at radius 1 is 0.930 bits per heavy atom. The van der Waals surface area contributed by atoms with Crippen LogP contribution in [0.1, 0.15) is 36.8 Å². The van der Waals surface area contributed by atoms with Crippen LogP contribution in [-0.2, 0) is 17.5 Å². The Bertz CT molecular complexity index is 1420. The van der Waals surface area contributed by atoms with Gasteiger partial charge in [0.05, 0.1) is 15.8 Å². The highest BCUT2D eigenvalue weighted by atomic mass is 32.1. The maximum Gasteiger partial charge on any atom is 0.434 e. The molecule has 2 fully saturated rings. The van der Waals surface area contributed by atoms with Crippen LogP contribution in [-0.4, -0.2) is 64.5 Å². The normalized spacial score (nSPS) is 18.1. The molecule has 1 amide bonds. The molecule has 2 aliphatic heterocycles. The highest BCUT2D eigenvalue weighted by Crippen LogP contribution is 2.42. The number of fused-ring (bicyclic) bond motifs is 1. The molecular formula is C27H24F9N3O3S. The second kappa shape index (κ2) is 11.3. The quantitative estimate of drug-likeness (QED) is 0.263. The van der Waals surface area contributed by atoms with Crippen LogP contribution in [0, 0.1) is 0 Å². The third-order valence-electron chi connectivity index (χ3n) is 7.65. The molecule has 43 heavy (non-hydrogen) atoms. The van der Waals surface area contributed by atoms with Crippen molar-refractivity contribution in [2.24, 2.45) is 0 Å². The van der Waals surface area contributed by atoms with Crippen LogP contribution in [0.15, 0.2) is 42.5 Å². The lowest BCUT2D eigenvalue weighted by Crippen LogP contribution is -2.54. The minimum Gasteiger partial charge on any atom is -0.431 e. The maximum atomic E-state index is 13.8. The van der Waals surface area contributed by atoms with Crippen molar-refractivity contribution >= 4 is 27.6 Å². The molecule has 234 valence electrons. The number of piperidine rings is 1. The number of aromatic nitrogens is 1. The fourth-order valence-corrected chi connectivity index (χ4v) is 6.43. The third-order valence-corrected chi connectivity index (χ3v) is 8.57. The molecule has 1 aromatic heterocycles. The summed E-state index contributed by atoms with van der Waals surface area (Å²) in [6.07, 6.45) is -20.6. The lowest BCUT2D eigenvalue weighted by molar-refractivity contribution is -0.308. The van der Waals surface area contributed by atoms with Gasteiger partial charge < -0.3 is 14.4 Å². The molecule has 0 saturated carbocycles. The van der Waals surface area contributed by atoms with Crippen LogP contribution in [0.4, 0.5) is 44.3 Å². The summed E-state index contributed by atoms with van der Waals surface area (Å²) in [5, 5.41) is 0.168. The minimum atomic E-state index is -5.83. The van der Waals surface area contributed by atoms with E-state index in [2.05, 4.69) is 9.72 Å². The summed E-state index contributed by atoms with van der Waals surface area (Å²) in [6.45, 7) is 0.229. The van der Waals surface area contributed by atoms with Gasteiger partial charge in [-0.05, 0) is 68.1 Å². The van der Waals surface area contributed by atoms with Gasteiger partial charge in [0.1, 0.15) is 5.75 Å². The van der Waals surface area contributed by atoms with E-state index < -0.39 is 41.8 Å². The number of likely N-dealkylation sites (tertiary alicyclic amines) is 2. The van der Waals surface area contributed by atoms with Gasteiger partial charge in [-0.15, -0.1) is 0 Å². The summed E-state index contributed by atoms with van der Waals surface area (Å²) >= 11 is 1.18. The molecule has 0 bridgehead atoms. The Balaban J connectivity index is 1.30. The molecule has 5 rings (SSSR count). The van der Waals surface area contributed by atoms with Crippen LogP contribution >= 0.6 is 11.3 Å². The topological polar surface area (TPSA) is 54.9 Å². The number of rotatable bonds is 5. The SMILES string of the molecule is O=C(OC(C(F)(F)F)C(F)(F)F)N1CCC2(CCCN2Cc2cc(Oc3nc4ccccc4s3)cc(C(F)(F)F)c2)CC1. The Labute approximate surface area is 243 Å². The van der Waals surface area contributed by atoms with Crippen molar-refractivity contribution in [1.29, 1.82) is 0 Å². The van der Waals surface area contributed by atoms with E-state index in [1.807, 2.05) is 4.90 Å². The molecule has 0 aliphatic carbocycles.